The van der Waals surface area contributed by atoms with Crippen LogP contribution >= 0.6 is 0 Å². The molecule has 190 valence electrons. The molecule has 0 saturated carbocycles. The first-order chi connectivity index (χ1) is 17.2. The number of ether oxygens (including phenoxy) is 2. The van der Waals surface area contributed by atoms with Crippen LogP contribution in [0.2, 0.25) is 0 Å². The van der Waals surface area contributed by atoms with Gasteiger partial charge < -0.3 is 19.7 Å². The van der Waals surface area contributed by atoms with E-state index in [-0.39, 0.29) is 31.0 Å². The molecule has 0 unspecified atom stereocenters. The lowest BCUT2D eigenvalue weighted by Gasteiger charge is -2.32. The Morgan fingerprint density at radius 3 is 2.17 bits per heavy atom. The molecule has 3 rings (SSSR count). The number of methoxy groups -OCH3 is 1. The lowest BCUT2D eigenvalue weighted by atomic mass is 10.0. The van der Waals surface area contributed by atoms with E-state index in [0.29, 0.717) is 17.9 Å². The molecule has 0 aromatic heterocycles. The zero-order valence-corrected chi connectivity index (χ0v) is 21.8. The van der Waals surface area contributed by atoms with E-state index in [2.05, 4.69) is 11.4 Å². The normalized spacial score (nSPS) is 11.6. The minimum atomic E-state index is -0.712. The van der Waals surface area contributed by atoms with Crippen molar-refractivity contribution >= 4 is 11.8 Å². The van der Waals surface area contributed by atoms with Gasteiger partial charge in [0.1, 0.15) is 17.5 Å². The highest BCUT2D eigenvalue weighted by Crippen LogP contribution is 2.20. The highest BCUT2D eigenvalue weighted by molar-refractivity contribution is 5.88. The molecule has 2 amide bonds. The van der Waals surface area contributed by atoms with E-state index in [1.165, 1.54) is 0 Å². The maximum atomic E-state index is 13.7. The van der Waals surface area contributed by atoms with Crippen molar-refractivity contribution in [3.05, 3.63) is 95.1 Å². The number of carbonyl (C=O) groups excluding carboxylic acids is 2. The minimum Gasteiger partial charge on any atom is -0.497 e. The van der Waals surface area contributed by atoms with Gasteiger partial charge in [-0.3, -0.25) is 9.59 Å². The highest BCUT2D eigenvalue weighted by atomic mass is 16.5. The topological polar surface area (TPSA) is 67.9 Å². The molecule has 0 aliphatic heterocycles. The van der Waals surface area contributed by atoms with Gasteiger partial charge in [0.2, 0.25) is 5.91 Å². The van der Waals surface area contributed by atoms with E-state index < -0.39 is 6.04 Å². The summed E-state index contributed by atoms with van der Waals surface area (Å²) in [6.07, 6.45) is 0.388. The molecule has 6 nitrogen and oxygen atoms in total. The van der Waals surface area contributed by atoms with E-state index in [9.17, 15) is 9.59 Å². The first kappa shape index (κ1) is 26.8. The zero-order valence-electron chi connectivity index (χ0n) is 21.8. The number of nitrogens with one attached hydrogen (secondary N) is 1. The average Bonchev–Trinajstić information content (AvgIpc) is 2.84. The monoisotopic (exact) mass is 488 g/mol. The Morgan fingerprint density at radius 2 is 1.53 bits per heavy atom. The molecule has 0 saturated heterocycles. The summed E-state index contributed by atoms with van der Waals surface area (Å²) in [5, 5.41) is 3.00. The van der Waals surface area contributed by atoms with Crippen LogP contribution in [0.25, 0.3) is 0 Å². The summed E-state index contributed by atoms with van der Waals surface area (Å²) in [6, 6.07) is 22.4. The number of nitrogens with zero attached hydrogens (tertiary/aromatic N) is 1. The molecule has 0 aliphatic carbocycles. The molecular formula is C30H36N2O4. The van der Waals surface area contributed by atoms with Crippen LogP contribution in [0.15, 0.2) is 72.8 Å². The summed E-state index contributed by atoms with van der Waals surface area (Å²) in [7, 11) is 1.61. The summed E-state index contributed by atoms with van der Waals surface area (Å²) in [5.41, 5.74) is 3.96. The molecule has 0 aliphatic rings. The molecule has 0 bridgehead atoms. The molecule has 0 heterocycles. The fourth-order valence-corrected chi connectivity index (χ4v) is 4.15. The van der Waals surface area contributed by atoms with Crippen molar-refractivity contribution in [1.82, 2.24) is 10.2 Å². The van der Waals surface area contributed by atoms with Gasteiger partial charge >= 0.3 is 0 Å². The van der Waals surface area contributed by atoms with Crippen LogP contribution in [0.4, 0.5) is 0 Å². The van der Waals surface area contributed by atoms with E-state index in [1.807, 2.05) is 94.4 Å². The van der Waals surface area contributed by atoms with Crippen LogP contribution in [-0.4, -0.2) is 42.5 Å². The second-order valence-corrected chi connectivity index (χ2v) is 9.35. The smallest absolute Gasteiger partial charge is 0.261 e. The molecule has 0 spiro atoms. The van der Waals surface area contributed by atoms with Gasteiger partial charge in [-0.25, -0.2) is 0 Å². The quantitative estimate of drug-likeness (QED) is 0.419. The first-order valence-electron chi connectivity index (χ1n) is 12.2. The van der Waals surface area contributed by atoms with Gasteiger partial charge in [0.05, 0.1) is 7.11 Å². The van der Waals surface area contributed by atoms with Gasteiger partial charge in [-0.2, -0.15) is 0 Å². The predicted molar refractivity (Wildman–Crippen MR) is 142 cm³/mol. The van der Waals surface area contributed by atoms with Crippen molar-refractivity contribution in [1.29, 1.82) is 0 Å². The number of hydrogen-bond acceptors (Lipinski definition) is 4. The maximum absolute atomic E-state index is 13.7. The van der Waals surface area contributed by atoms with Crippen LogP contribution in [0.1, 0.15) is 36.1 Å². The molecule has 1 atom stereocenters. The second kappa shape index (κ2) is 12.8. The molecule has 3 aromatic rings. The van der Waals surface area contributed by atoms with Crippen LogP contribution in [0.5, 0.6) is 11.5 Å². The van der Waals surface area contributed by atoms with E-state index in [4.69, 9.17) is 9.47 Å². The summed E-state index contributed by atoms with van der Waals surface area (Å²) < 4.78 is 11.3. The number of aryl methyl sites for hydroxylation is 2. The number of rotatable bonds is 11. The molecular weight excluding hydrogens is 452 g/mol. The van der Waals surface area contributed by atoms with E-state index >= 15 is 0 Å². The van der Waals surface area contributed by atoms with Crippen molar-refractivity contribution in [3.63, 3.8) is 0 Å². The molecule has 6 heteroatoms. The van der Waals surface area contributed by atoms with Gasteiger partial charge in [-0.15, -0.1) is 0 Å². The Morgan fingerprint density at radius 1 is 0.861 bits per heavy atom. The van der Waals surface area contributed by atoms with Crippen molar-refractivity contribution in [3.8, 4) is 11.5 Å². The standard InChI is InChI=1S/C30H36N2O4/c1-21(2)31-30(34)28(18-24-10-7-6-8-11-24)32(19-25-12-9-13-26(17-25)35-5)29(33)20-36-27-15-22(3)14-23(4)16-27/h6-17,21,28H,18-20H2,1-5H3,(H,31,34)/t28-/m0/s1. The largest absolute Gasteiger partial charge is 0.497 e. The van der Waals surface area contributed by atoms with Crippen molar-refractivity contribution in [2.75, 3.05) is 13.7 Å². The Bertz CT molecular complexity index is 1140. The van der Waals surface area contributed by atoms with Crippen LogP contribution in [0, 0.1) is 13.8 Å². The van der Waals surface area contributed by atoms with Gasteiger partial charge in [-0.1, -0.05) is 48.5 Å². The van der Waals surface area contributed by atoms with Gasteiger partial charge in [0.25, 0.3) is 5.91 Å². The van der Waals surface area contributed by atoms with E-state index in [0.717, 1.165) is 22.3 Å². The highest BCUT2D eigenvalue weighted by Gasteiger charge is 2.31. The third-order valence-electron chi connectivity index (χ3n) is 5.75. The number of amides is 2. The third-order valence-corrected chi connectivity index (χ3v) is 5.75. The molecule has 0 fully saturated rings. The first-order valence-corrected chi connectivity index (χ1v) is 12.2. The number of hydrogen-bond donors (Lipinski definition) is 1. The van der Waals surface area contributed by atoms with Gasteiger partial charge in [0.15, 0.2) is 6.61 Å². The van der Waals surface area contributed by atoms with Crippen LogP contribution < -0.4 is 14.8 Å². The Kier molecular flexibility index (Phi) is 9.51. The molecule has 0 radical (unpaired) electrons. The molecule has 1 N–H and O–H groups in total. The summed E-state index contributed by atoms with van der Waals surface area (Å²) >= 11 is 0. The predicted octanol–water partition coefficient (Wildman–Crippen LogP) is 4.86. The van der Waals surface area contributed by atoms with E-state index in [1.54, 1.807) is 12.0 Å². The van der Waals surface area contributed by atoms with Crippen LogP contribution in [-0.2, 0) is 22.6 Å². The average molecular weight is 489 g/mol. The fraction of sp³-hybridized carbons (Fsp3) is 0.333. The zero-order chi connectivity index (χ0) is 26.1. The summed E-state index contributed by atoms with van der Waals surface area (Å²) in [4.78, 5) is 28.7. The van der Waals surface area contributed by atoms with Crippen LogP contribution in [0.3, 0.4) is 0 Å². The Labute approximate surface area is 214 Å². The molecule has 3 aromatic carbocycles. The number of benzene rings is 3. The van der Waals surface area contributed by atoms with Crippen molar-refractivity contribution < 1.29 is 19.1 Å². The fourth-order valence-electron chi connectivity index (χ4n) is 4.15. The summed E-state index contributed by atoms with van der Waals surface area (Å²) in [5.74, 6) is 0.861. The summed E-state index contributed by atoms with van der Waals surface area (Å²) in [6.45, 7) is 7.87. The maximum Gasteiger partial charge on any atom is 0.261 e. The Hall–Kier alpha value is -3.80. The third kappa shape index (κ3) is 7.87. The van der Waals surface area contributed by atoms with Gasteiger partial charge in [-0.05, 0) is 74.2 Å². The second-order valence-electron chi connectivity index (χ2n) is 9.35. The lowest BCUT2D eigenvalue weighted by molar-refractivity contribution is -0.143. The SMILES string of the molecule is COc1cccc(CN(C(=O)COc2cc(C)cc(C)c2)[C@@H](Cc2ccccc2)C(=O)NC(C)C)c1. The lowest BCUT2D eigenvalue weighted by Crippen LogP contribution is -2.52. The van der Waals surface area contributed by atoms with Crippen molar-refractivity contribution in [2.45, 2.75) is 52.7 Å². The van der Waals surface area contributed by atoms with Gasteiger partial charge in [0, 0.05) is 19.0 Å². The van der Waals surface area contributed by atoms with Crippen molar-refractivity contribution in [2.24, 2.45) is 0 Å². The number of carbonyl (C=O) groups is 2. The Balaban J connectivity index is 1.93. The molecule has 36 heavy (non-hydrogen) atoms. The minimum absolute atomic E-state index is 0.0592.